The van der Waals surface area contributed by atoms with Crippen molar-refractivity contribution in [2.75, 3.05) is 31.5 Å². The Labute approximate surface area is 144 Å². The third-order valence-corrected chi connectivity index (χ3v) is 5.84. The molecule has 4 nitrogen and oxygen atoms in total. The molecule has 1 aromatic heterocycles. The van der Waals surface area contributed by atoms with E-state index in [4.69, 9.17) is 5.10 Å². The normalized spacial score (nSPS) is 18.6. The Morgan fingerprint density at radius 1 is 1.17 bits per heavy atom. The second-order valence-electron chi connectivity index (χ2n) is 7.28. The second kappa shape index (κ2) is 6.25. The van der Waals surface area contributed by atoms with Crippen LogP contribution in [0.3, 0.4) is 0 Å². The monoisotopic (exact) mass is 324 g/mol. The number of aryl methyl sites for hydroxylation is 2. The van der Waals surface area contributed by atoms with E-state index in [-0.39, 0.29) is 0 Å². The summed E-state index contributed by atoms with van der Waals surface area (Å²) in [5.74, 6) is 1.85. The first-order valence-corrected chi connectivity index (χ1v) is 9.33. The summed E-state index contributed by atoms with van der Waals surface area (Å²) >= 11 is 0. The largest absolute Gasteiger partial charge is 0.369 e. The van der Waals surface area contributed by atoms with Gasteiger partial charge in [0.15, 0.2) is 0 Å². The van der Waals surface area contributed by atoms with E-state index in [0.29, 0.717) is 5.92 Å². The first-order chi connectivity index (χ1) is 11.7. The molecule has 0 saturated carbocycles. The molecule has 1 fully saturated rings. The van der Waals surface area contributed by atoms with E-state index in [1.54, 1.807) is 0 Å². The lowest BCUT2D eigenvalue weighted by molar-refractivity contribution is 0.220. The molecule has 0 radical (unpaired) electrons. The number of likely N-dealkylation sites (tertiary alicyclic amines) is 1. The minimum atomic E-state index is 0.620. The van der Waals surface area contributed by atoms with Gasteiger partial charge in [-0.3, -0.25) is 0 Å². The molecule has 2 aliphatic heterocycles. The van der Waals surface area contributed by atoms with Crippen molar-refractivity contribution >= 4 is 5.82 Å². The molecular formula is C20H28N4. The van der Waals surface area contributed by atoms with Crippen molar-refractivity contribution in [3.05, 3.63) is 40.6 Å². The molecule has 3 heterocycles. The molecule has 0 bridgehead atoms. The van der Waals surface area contributed by atoms with E-state index in [1.807, 2.05) is 0 Å². The number of hydrogen-bond donors (Lipinski definition) is 1. The molecular weight excluding hydrogens is 296 g/mol. The zero-order valence-electron chi connectivity index (χ0n) is 15.1. The van der Waals surface area contributed by atoms with Gasteiger partial charge in [-0.1, -0.05) is 13.0 Å². The van der Waals surface area contributed by atoms with E-state index in [9.17, 15) is 0 Å². The van der Waals surface area contributed by atoms with Gasteiger partial charge in [0.1, 0.15) is 5.82 Å². The van der Waals surface area contributed by atoms with Gasteiger partial charge < -0.3 is 10.2 Å². The SMILES string of the molecule is CCN1CCC(c2nn(-c3ccc(C)c(C)c3)c3c2CCN3)CC1. The molecule has 0 aliphatic carbocycles. The topological polar surface area (TPSA) is 33.1 Å². The molecule has 128 valence electrons. The van der Waals surface area contributed by atoms with Gasteiger partial charge in [0, 0.05) is 18.0 Å². The number of hydrogen-bond acceptors (Lipinski definition) is 3. The van der Waals surface area contributed by atoms with Crippen molar-refractivity contribution < 1.29 is 0 Å². The summed E-state index contributed by atoms with van der Waals surface area (Å²) in [4.78, 5) is 2.55. The molecule has 24 heavy (non-hydrogen) atoms. The molecule has 0 spiro atoms. The number of rotatable bonds is 3. The predicted octanol–water partition coefficient (Wildman–Crippen LogP) is 3.66. The van der Waals surface area contributed by atoms with Crippen LogP contribution >= 0.6 is 0 Å². The fourth-order valence-electron chi connectivity index (χ4n) is 4.10. The molecule has 1 saturated heterocycles. The second-order valence-corrected chi connectivity index (χ2v) is 7.28. The lowest BCUT2D eigenvalue weighted by Crippen LogP contribution is -2.33. The van der Waals surface area contributed by atoms with Gasteiger partial charge in [-0.05, 0) is 76.0 Å². The highest BCUT2D eigenvalue weighted by molar-refractivity contribution is 5.58. The van der Waals surface area contributed by atoms with E-state index in [1.165, 1.54) is 66.4 Å². The maximum atomic E-state index is 5.08. The molecule has 0 amide bonds. The number of fused-ring (bicyclic) bond motifs is 1. The van der Waals surface area contributed by atoms with Crippen LogP contribution in [0.4, 0.5) is 5.82 Å². The van der Waals surface area contributed by atoms with E-state index >= 15 is 0 Å². The van der Waals surface area contributed by atoms with Crippen LogP contribution in [-0.4, -0.2) is 40.9 Å². The predicted molar refractivity (Wildman–Crippen MR) is 99.3 cm³/mol. The average molecular weight is 324 g/mol. The quantitative estimate of drug-likeness (QED) is 0.935. The van der Waals surface area contributed by atoms with Gasteiger partial charge in [-0.2, -0.15) is 5.10 Å². The van der Waals surface area contributed by atoms with Gasteiger partial charge in [0.05, 0.1) is 11.4 Å². The third-order valence-electron chi connectivity index (χ3n) is 5.84. The van der Waals surface area contributed by atoms with Crippen molar-refractivity contribution in [2.24, 2.45) is 0 Å². The Bertz CT molecular complexity index is 738. The van der Waals surface area contributed by atoms with E-state index in [2.05, 4.69) is 53.9 Å². The van der Waals surface area contributed by atoms with Crippen LogP contribution in [0, 0.1) is 13.8 Å². The maximum Gasteiger partial charge on any atom is 0.133 e. The van der Waals surface area contributed by atoms with Crippen molar-refractivity contribution in [2.45, 2.75) is 46.0 Å². The van der Waals surface area contributed by atoms with E-state index in [0.717, 1.165) is 13.0 Å². The summed E-state index contributed by atoms with van der Waals surface area (Å²) < 4.78 is 2.15. The summed E-state index contributed by atoms with van der Waals surface area (Å²) in [5.41, 5.74) is 6.66. The van der Waals surface area contributed by atoms with Gasteiger partial charge in [-0.15, -0.1) is 0 Å². The van der Waals surface area contributed by atoms with Crippen molar-refractivity contribution in [1.29, 1.82) is 0 Å². The highest BCUT2D eigenvalue weighted by atomic mass is 15.3. The Kier molecular flexibility index (Phi) is 4.09. The number of nitrogens with zero attached hydrogens (tertiary/aromatic N) is 3. The summed E-state index contributed by atoms with van der Waals surface area (Å²) in [6.07, 6.45) is 3.60. The molecule has 1 aromatic carbocycles. The van der Waals surface area contributed by atoms with Crippen LogP contribution in [0.1, 0.15) is 48.1 Å². The number of anilines is 1. The molecule has 4 heteroatoms. The maximum absolute atomic E-state index is 5.08. The van der Waals surface area contributed by atoms with E-state index < -0.39 is 0 Å². The van der Waals surface area contributed by atoms with Gasteiger partial charge in [-0.25, -0.2) is 4.68 Å². The lowest BCUT2D eigenvalue weighted by Gasteiger charge is -2.30. The Morgan fingerprint density at radius 3 is 2.67 bits per heavy atom. The first kappa shape index (κ1) is 15.7. The summed E-state index contributed by atoms with van der Waals surface area (Å²) in [5, 5.41) is 8.65. The first-order valence-electron chi connectivity index (χ1n) is 9.33. The minimum absolute atomic E-state index is 0.620. The highest BCUT2D eigenvalue weighted by Gasteiger charge is 2.29. The highest BCUT2D eigenvalue weighted by Crippen LogP contribution is 2.37. The van der Waals surface area contributed by atoms with Crippen LogP contribution in [0.2, 0.25) is 0 Å². The Balaban J connectivity index is 1.69. The Morgan fingerprint density at radius 2 is 1.96 bits per heavy atom. The molecule has 2 aliphatic rings. The number of piperidine rings is 1. The van der Waals surface area contributed by atoms with Gasteiger partial charge in [0.25, 0.3) is 0 Å². The van der Waals surface area contributed by atoms with Crippen LogP contribution < -0.4 is 5.32 Å². The van der Waals surface area contributed by atoms with Crippen LogP contribution in [-0.2, 0) is 6.42 Å². The molecule has 1 N–H and O–H groups in total. The molecule has 2 aromatic rings. The molecule has 0 unspecified atom stereocenters. The van der Waals surface area contributed by atoms with Crippen LogP contribution in [0.5, 0.6) is 0 Å². The third kappa shape index (κ3) is 2.63. The zero-order valence-corrected chi connectivity index (χ0v) is 15.1. The van der Waals surface area contributed by atoms with Crippen molar-refractivity contribution in [3.63, 3.8) is 0 Å². The number of aromatic nitrogens is 2. The standard InChI is InChI=1S/C20H28N4/c1-4-23-11-8-16(9-12-23)19-18-7-10-21-20(18)24(22-19)17-6-5-14(2)15(3)13-17/h5-6,13,16,21H,4,7-12H2,1-3H3. The smallest absolute Gasteiger partial charge is 0.133 e. The van der Waals surface area contributed by atoms with Gasteiger partial charge in [0.2, 0.25) is 0 Å². The van der Waals surface area contributed by atoms with Gasteiger partial charge >= 0.3 is 0 Å². The Hall–Kier alpha value is -1.81. The zero-order chi connectivity index (χ0) is 16.7. The summed E-state index contributed by atoms with van der Waals surface area (Å²) in [6, 6.07) is 6.65. The van der Waals surface area contributed by atoms with Crippen LogP contribution in [0.25, 0.3) is 5.69 Å². The minimum Gasteiger partial charge on any atom is -0.369 e. The van der Waals surface area contributed by atoms with Crippen molar-refractivity contribution in [1.82, 2.24) is 14.7 Å². The van der Waals surface area contributed by atoms with Crippen LogP contribution in [0.15, 0.2) is 18.2 Å². The molecule has 0 atom stereocenters. The lowest BCUT2D eigenvalue weighted by atomic mass is 9.91. The average Bonchev–Trinajstić information content (AvgIpc) is 3.20. The van der Waals surface area contributed by atoms with Crippen molar-refractivity contribution in [3.8, 4) is 5.69 Å². The fraction of sp³-hybridized carbons (Fsp3) is 0.550. The fourth-order valence-corrected chi connectivity index (χ4v) is 4.10. The summed E-state index contributed by atoms with van der Waals surface area (Å²) in [6.45, 7) is 11.2. The summed E-state index contributed by atoms with van der Waals surface area (Å²) in [7, 11) is 0. The molecule has 4 rings (SSSR count). The number of nitrogens with one attached hydrogen (secondary N) is 1. The number of benzene rings is 1.